The van der Waals surface area contributed by atoms with Crippen molar-refractivity contribution in [1.29, 1.82) is 0 Å². The first-order valence-electron chi connectivity index (χ1n) is 8.90. The van der Waals surface area contributed by atoms with Gasteiger partial charge < -0.3 is 24.7 Å². The normalized spacial score (nSPS) is 15.3. The van der Waals surface area contributed by atoms with E-state index in [0.29, 0.717) is 23.0 Å². The number of fused-ring (bicyclic) bond motifs is 2. The van der Waals surface area contributed by atoms with E-state index in [2.05, 4.69) is 15.6 Å². The van der Waals surface area contributed by atoms with Crippen molar-refractivity contribution in [2.24, 2.45) is 7.05 Å². The van der Waals surface area contributed by atoms with Gasteiger partial charge in [0.2, 0.25) is 12.0 Å². The number of nitrogens with one attached hydrogen (secondary N) is 2. The number of imidazole rings is 1. The largest absolute Gasteiger partial charge is 0.485 e. The lowest BCUT2D eigenvalue weighted by Gasteiger charge is -2.25. The predicted octanol–water partition coefficient (Wildman–Crippen LogP) is 1.99. The van der Waals surface area contributed by atoms with E-state index in [4.69, 9.17) is 9.47 Å². The number of nitrogens with zero attached hydrogens (tertiary/aromatic N) is 2. The average Bonchev–Trinajstić information content (AvgIpc) is 3.00. The van der Waals surface area contributed by atoms with E-state index in [0.717, 1.165) is 11.0 Å². The van der Waals surface area contributed by atoms with Crippen LogP contribution in [0, 0.1) is 0 Å². The minimum absolute atomic E-state index is 0.140. The van der Waals surface area contributed by atoms with Crippen LogP contribution >= 0.6 is 0 Å². The van der Waals surface area contributed by atoms with Crippen molar-refractivity contribution in [2.75, 3.05) is 11.9 Å². The van der Waals surface area contributed by atoms with Crippen molar-refractivity contribution < 1.29 is 19.1 Å². The predicted molar refractivity (Wildman–Crippen MR) is 103 cm³/mol. The molecule has 1 aliphatic heterocycles. The second-order valence-electron chi connectivity index (χ2n) is 6.55. The molecule has 1 atom stereocenters. The molecule has 3 aromatic rings. The molecule has 0 unspecified atom stereocenters. The molecule has 28 heavy (non-hydrogen) atoms. The molecule has 0 aliphatic carbocycles. The first-order valence-corrected chi connectivity index (χ1v) is 8.90. The minimum atomic E-state index is -0.712. The van der Waals surface area contributed by atoms with Crippen LogP contribution < -0.4 is 20.1 Å². The maximum absolute atomic E-state index is 12.5. The van der Waals surface area contributed by atoms with Gasteiger partial charge in [-0.1, -0.05) is 12.1 Å². The van der Waals surface area contributed by atoms with Gasteiger partial charge in [0.05, 0.1) is 17.6 Å². The maximum atomic E-state index is 12.5. The fourth-order valence-electron chi connectivity index (χ4n) is 3.12. The summed E-state index contributed by atoms with van der Waals surface area (Å²) in [5, 5.41) is 5.59. The summed E-state index contributed by atoms with van der Waals surface area (Å²) in [6.45, 7) is 1.87. The molecular weight excluding hydrogens is 360 g/mol. The highest BCUT2D eigenvalue weighted by atomic mass is 16.6. The van der Waals surface area contributed by atoms with Gasteiger partial charge >= 0.3 is 0 Å². The third-order valence-electron chi connectivity index (χ3n) is 4.52. The maximum Gasteiger partial charge on any atom is 0.265 e. The Labute approximate surface area is 161 Å². The molecule has 1 aliphatic rings. The molecule has 0 spiro atoms. The van der Waals surface area contributed by atoms with E-state index < -0.39 is 6.10 Å². The Morgan fingerprint density at radius 3 is 2.79 bits per heavy atom. The molecule has 2 aromatic carbocycles. The molecule has 0 saturated heterocycles. The molecule has 2 heterocycles. The number of ether oxygens (including phenoxy) is 2. The van der Waals surface area contributed by atoms with Crippen molar-refractivity contribution >= 4 is 28.5 Å². The van der Waals surface area contributed by atoms with Crippen LogP contribution in [0.4, 0.5) is 5.69 Å². The molecule has 0 saturated carbocycles. The highest BCUT2D eigenvalue weighted by molar-refractivity contribution is 5.91. The summed E-state index contributed by atoms with van der Waals surface area (Å²) in [6.07, 6.45) is -0.712. The Balaban J connectivity index is 1.44. The van der Waals surface area contributed by atoms with Gasteiger partial charge in [-0.2, -0.15) is 0 Å². The quantitative estimate of drug-likeness (QED) is 0.722. The number of amides is 2. The van der Waals surface area contributed by atoms with Crippen LogP contribution in [0.2, 0.25) is 0 Å². The number of hydrogen-bond donors (Lipinski definition) is 2. The Hall–Kier alpha value is -3.55. The number of carbonyl (C=O) groups is 2. The summed E-state index contributed by atoms with van der Waals surface area (Å²) in [5.41, 5.74) is 2.33. The zero-order chi connectivity index (χ0) is 19.7. The lowest BCUT2D eigenvalue weighted by molar-refractivity contribution is -0.130. The smallest absolute Gasteiger partial charge is 0.265 e. The monoisotopic (exact) mass is 380 g/mol. The fraction of sp³-hybridized carbons (Fsp3) is 0.250. The van der Waals surface area contributed by atoms with Crippen LogP contribution in [0.25, 0.3) is 11.0 Å². The zero-order valence-corrected chi connectivity index (χ0v) is 15.6. The van der Waals surface area contributed by atoms with Crippen molar-refractivity contribution in [3.8, 4) is 11.5 Å². The number of rotatable bonds is 4. The van der Waals surface area contributed by atoms with Gasteiger partial charge in [0, 0.05) is 19.7 Å². The number of hydrogen-bond acceptors (Lipinski definition) is 5. The summed E-state index contributed by atoms with van der Waals surface area (Å²) in [6, 6.07) is 12.8. The summed E-state index contributed by atoms with van der Waals surface area (Å²) in [4.78, 5) is 28.3. The molecule has 1 aromatic heterocycles. The number of carbonyl (C=O) groups excluding carboxylic acids is 2. The number of anilines is 1. The average molecular weight is 380 g/mol. The van der Waals surface area contributed by atoms with E-state index in [1.165, 1.54) is 6.92 Å². The van der Waals surface area contributed by atoms with E-state index in [9.17, 15) is 9.59 Å². The fourth-order valence-corrected chi connectivity index (χ4v) is 3.12. The number of aromatic nitrogens is 2. The Kier molecular flexibility index (Phi) is 4.60. The van der Waals surface area contributed by atoms with E-state index in [1.807, 2.05) is 35.9 Å². The highest BCUT2D eigenvalue weighted by Crippen LogP contribution is 2.30. The van der Waals surface area contributed by atoms with Gasteiger partial charge in [0.1, 0.15) is 12.4 Å². The lowest BCUT2D eigenvalue weighted by atomic mass is 10.2. The van der Waals surface area contributed by atoms with Gasteiger partial charge in [-0.15, -0.1) is 0 Å². The van der Waals surface area contributed by atoms with Crippen LogP contribution in [0.15, 0.2) is 42.5 Å². The second-order valence-corrected chi connectivity index (χ2v) is 6.55. The van der Waals surface area contributed by atoms with Crippen LogP contribution in [0.3, 0.4) is 0 Å². The molecule has 2 N–H and O–H groups in total. The summed E-state index contributed by atoms with van der Waals surface area (Å²) >= 11 is 0. The zero-order valence-electron chi connectivity index (χ0n) is 15.6. The van der Waals surface area contributed by atoms with E-state index in [1.54, 1.807) is 18.2 Å². The molecule has 144 valence electrons. The Bertz CT molecular complexity index is 1060. The molecule has 0 fully saturated rings. The molecule has 8 nitrogen and oxygen atoms in total. The Morgan fingerprint density at radius 1 is 1.21 bits per heavy atom. The third-order valence-corrected chi connectivity index (χ3v) is 4.52. The van der Waals surface area contributed by atoms with E-state index in [-0.39, 0.29) is 25.0 Å². The lowest BCUT2D eigenvalue weighted by Crippen LogP contribution is -2.43. The van der Waals surface area contributed by atoms with Crippen LogP contribution in [-0.4, -0.2) is 34.1 Å². The Morgan fingerprint density at radius 2 is 2.00 bits per heavy atom. The van der Waals surface area contributed by atoms with Crippen molar-refractivity contribution in [1.82, 2.24) is 14.9 Å². The molecule has 0 radical (unpaired) electrons. The van der Waals surface area contributed by atoms with Gasteiger partial charge in [-0.3, -0.25) is 9.59 Å². The SMILES string of the molecule is CC(=O)Nc1ccc2c(c1)nc(CNC(=O)[C@@H]1COc3ccccc3O1)n2C. The van der Waals surface area contributed by atoms with Gasteiger partial charge in [-0.05, 0) is 30.3 Å². The summed E-state index contributed by atoms with van der Waals surface area (Å²) < 4.78 is 13.2. The van der Waals surface area contributed by atoms with Gasteiger partial charge in [0.25, 0.3) is 5.91 Å². The van der Waals surface area contributed by atoms with Crippen LogP contribution in [0.1, 0.15) is 12.7 Å². The number of para-hydroxylation sites is 2. The van der Waals surface area contributed by atoms with E-state index >= 15 is 0 Å². The molecule has 4 rings (SSSR count). The molecule has 8 heteroatoms. The van der Waals surface area contributed by atoms with Crippen molar-refractivity contribution in [2.45, 2.75) is 19.6 Å². The van der Waals surface area contributed by atoms with Crippen molar-refractivity contribution in [3.05, 3.63) is 48.3 Å². The summed E-state index contributed by atoms with van der Waals surface area (Å²) in [5.74, 6) is 1.49. The molecule has 2 amide bonds. The van der Waals surface area contributed by atoms with Crippen molar-refractivity contribution in [3.63, 3.8) is 0 Å². The second kappa shape index (κ2) is 7.22. The number of aryl methyl sites for hydroxylation is 1. The molecule has 0 bridgehead atoms. The standard InChI is InChI=1S/C20H20N4O4/c1-12(25)22-13-7-8-15-14(9-13)23-19(24(15)2)10-21-20(26)18-11-27-16-5-3-4-6-17(16)28-18/h3-9,18H,10-11H2,1-2H3,(H,21,26)(H,22,25)/t18-/m0/s1. The minimum Gasteiger partial charge on any atom is -0.485 e. The third kappa shape index (κ3) is 3.48. The van der Waals surface area contributed by atoms with Gasteiger partial charge in [-0.25, -0.2) is 4.98 Å². The van der Waals surface area contributed by atoms with Crippen LogP contribution in [0.5, 0.6) is 11.5 Å². The molecular formula is C20H20N4O4. The summed E-state index contributed by atoms with van der Waals surface area (Å²) in [7, 11) is 1.88. The first kappa shape index (κ1) is 17.8. The number of benzene rings is 2. The highest BCUT2D eigenvalue weighted by Gasteiger charge is 2.27. The van der Waals surface area contributed by atoms with Crippen LogP contribution in [-0.2, 0) is 23.2 Å². The topological polar surface area (TPSA) is 94.5 Å². The van der Waals surface area contributed by atoms with Gasteiger partial charge in [0.15, 0.2) is 11.5 Å². The first-order chi connectivity index (χ1) is 13.5.